The number of pyridine rings is 1. The summed E-state index contributed by atoms with van der Waals surface area (Å²) in [5, 5.41) is 16.1. The van der Waals surface area contributed by atoms with Crippen molar-refractivity contribution < 1.29 is 35.9 Å². The van der Waals surface area contributed by atoms with Crippen LogP contribution in [0.3, 0.4) is 0 Å². The maximum Gasteiger partial charge on any atom is 0.293 e. The van der Waals surface area contributed by atoms with Crippen LogP contribution in [0.4, 0.5) is 26.3 Å². The maximum absolute atomic E-state index is 15.2. The lowest BCUT2D eigenvalue weighted by Crippen LogP contribution is -2.35. The summed E-state index contributed by atoms with van der Waals surface area (Å²) in [6.07, 6.45) is -1.80. The Morgan fingerprint density at radius 1 is 1.06 bits per heavy atom. The van der Waals surface area contributed by atoms with E-state index in [0.29, 0.717) is 44.0 Å². The first-order chi connectivity index (χ1) is 22.5. The molecule has 0 radical (unpaired) electrons. The topological polar surface area (TPSA) is 118 Å². The number of hydrogen-bond donors (Lipinski definition) is 3. The normalized spacial score (nSPS) is 19.4. The van der Waals surface area contributed by atoms with Crippen LogP contribution in [0.25, 0.3) is 22.2 Å². The molecule has 0 bridgehead atoms. The molecule has 5 aromatic rings. The van der Waals surface area contributed by atoms with Gasteiger partial charge >= 0.3 is 0 Å². The van der Waals surface area contributed by atoms with E-state index in [0.717, 1.165) is 12.1 Å². The third-order valence-corrected chi connectivity index (χ3v) is 9.08. The zero-order valence-corrected chi connectivity index (χ0v) is 24.1. The standard InChI is InChI=1S/C32H23F6N7O2/c33-14-4-13(5-15(34)7-14)6-23(41-25(46)12-45-29-26(28(44-45)30(35)36)19-8-21(19)32(29,37)38)27-18(9-22-24(42-27)11-40-43-22)16-2-1-3-17-20(16)10-39-31(17)47/h1-5,7,9,11,19,21,23,30H,6,8,10,12H2,(H,39,47)(H,40,43)(H,41,46). The van der Waals surface area contributed by atoms with Crippen molar-refractivity contribution in [1.82, 2.24) is 35.6 Å². The number of carbonyl (C=O) groups is 2. The second-order valence-electron chi connectivity index (χ2n) is 12.0. The Kier molecular flexibility index (Phi) is 6.47. The van der Waals surface area contributed by atoms with Gasteiger partial charge in [-0.2, -0.15) is 19.0 Å². The molecule has 2 aliphatic carbocycles. The van der Waals surface area contributed by atoms with E-state index in [9.17, 15) is 27.2 Å². The van der Waals surface area contributed by atoms with E-state index in [2.05, 4.69) is 25.9 Å². The minimum atomic E-state index is -3.43. The predicted molar refractivity (Wildman–Crippen MR) is 153 cm³/mol. The van der Waals surface area contributed by atoms with Crippen LogP contribution in [0.1, 0.15) is 68.9 Å². The van der Waals surface area contributed by atoms with Gasteiger partial charge in [-0.05, 0) is 59.7 Å². The van der Waals surface area contributed by atoms with E-state index >= 15 is 8.78 Å². The molecule has 3 atom stereocenters. The molecule has 0 saturated heterocycles. The number of halogens is 6. The van der Waals surface area contributed by atoms with E-state index in [1.807, 2.05) is 0 Å². The Bertz CT molecular complexity index is 2110. The third kappa shape index (κ3) is 4.74. The molecule has 4 heterocycles. The summed E-state index contributed by atoms with van der Waals surface area (Å²) in [6, 6.07) is 8.56. The second-order valence-corrected chi connectivity index (χ2v) is 12.0. The average Bonchev–Trinajstić information content (AvgIpc) is 3.25. The molecule has 1 aliphatic heterocycles. The Morgan fingerprint density at radius 3 is 2.60 bits per heavy atom. The highest BCUT2D eigenvalue weighted by Crippen LogP contribution is 2.68. The van der Waals surface area contributed by atoms with E-state index in [1.165, 1.54) is 6.20 Å². The highest BCUT2D eigenvalue weighted by Gasteiger charge is 2.67. The number of amides is 2. The number of aromatic nitrogens is 5. The van der Waals surface area contributed by atoms with Gasteiger partial charge in [0.1, 0.15) is 35.1 Å². The fourth-order valence-electron chi connectivity index (χ4n) is 7.01. The zero-order valence-electron chi connectivity index (χ0n) is 24.1. The number of hydrogen-bond acceptors (Lipinski definition) is 5. The molecule has 3 N–H and O–H groups in total. The number of H-pyrrole nitrogens is 1. The second kappa shape index (κ2) is 10.4. The summed E-state index contributed by atoms with van der Waals surface area (Å²) in [7, 11) is 0. The Balaban J connectivity index is 1.22. The lowest BCUT2D eigenvalue weighted by Gasteiger charge is -2.23. The van der Waals surface area contributed by atoms with Gasteiger partial charge in [-0.1, -0.05) is 12.1 Å². The van der Waals surface area contributed by atoms with Crippen molar-refractivity contribution >= 4 is 22.8 Å². The van der Waals surface area contributed by atoms with E-state index in [4.69, 9.17) is 4.98 Å². The van der Waals surface area contributed by atoms with Crippen LogP contribution in [0.15, 0.2) is 48.7 Å². The molecule has 0 spiro atoms. The summed E-state index contributed by atoms with van der Waals surface area (Å²) < 4.78 is 87.3. The van der Waals surface area contributed by atoms with Crippen molar-refractivity contribution in [3.8, 4) is 11.1 Å². The molecule has 1 saturated carbocycles. The number of nitrogens with zero attached hydrogens (tertiary/aromatic N) is 4. The first kappa shape index (κ1) is 29.2. The van der Waals surface area contributed by atoms with Gasteiger partial charge in [0, 0.05) is 35.2 Å². The van der Waals surface area contributed by atoms with Crippen molar-refractivity contribution in [3.63, 3.8) is 0 Å². The SMILES string of the molecule is O=C(Cn1nc(C(F)F)c2c1C(F)(F)C1CC21)NC(Cc1cc(F)cc(F)c1)c1nc2cn[nH]c2cc1-c1cccc2c1CNC2=O. The number of benzene rings is 2. The number of aromatic amines is 1. The third-order valence-electron chi connectivity index (χ3n) is 9.08. The molecule has 2 aromatic carbocycles. The number of nitrogens with one attached hydrogen (secondary N) is 3. The molecule has 1 fully saturated rings. The van der Waals surface area contributed by atoms with Crippen LogP contribution in [-0.2, 0) is 30.2 Å². The molecule has 8 rings (SSSR count). The summed E-state index contributed by atoms with van der Waals surface area (Å²) in [6.45, 7) is -0.607. The van der Waals surface area contributed by atoms with Crippen molar-refractivity contribution in [2.45, 2.75) is 50.2 Å². The summed E-state index contributed by atoms with van der Waals surface area (Å²) in [5.74, 6) is -8.14. The molecule has 3 aliphatic rings. The summed E-state index contributed by atoms with van der Waals surface area (Å²) >= 11 is 0. The Labute approximate surface area is 261 Å². The Morgan fingerprint density at radius 2 is 1.83 bits per heavy atom. The number of alkyl halides is 4. The fourth-order valence-corrected chi connectivity index (χ4v) is 7.01. The molecule has 3 aromatic heterocycles. The van der Waals surface area contributed by atoms with Crippen molar-refractivity contribution in [3.05, 3.63) is 99.6 Å². The highest BCUT2D eigenvalue weighted by atomic mass is 19.3. The van der Waals surface area contributed by atoms with Gasteiger partial charge in [0.15, 0.2) is 0 Å². The number of fused-ring (bicyclic) bond motifs is 5. The summed E-state index contributed by atoms with van der Waals surface area (Å²) in [4.78, 5) is 30.9. The molecular weight excluding hydrogens is 628 g/mol. The fraction of sp³-hybridized carbons (Fsp3) is 0.281. The van der Waals surface area contributed by atoms with Crippen LogP contribution in [0.5, 0.6) is 0 Å². The lowest BCUT2D eigenvalue weighted by atomic mass is 9.91. The summed E-state index contributed by atoms with van der Waals surface area (Å²) in [5.41, 5.74) is 1.78. The quantitative estimate of drug-likeness (QED) is 0.189. The van der Waals surface area contributed by atoms with Crippen LogP contribution < -0.4 is 10.6 Å². The first-order valence-electron chi connectivity index (χ1n) is 14.8. The molecule has 240 valence electrons. The largest absolute Gasteiger partial charge is 0.348 e. The minimum Gasteiger partial charge on any atom is -0.348 e. The van der Waals surface area contributed by atoms with Crippen LogP contribution in [0.2, 0.25) is 0 Å². The predicted octanol–water partition coefficient (Wildman–Crippen LogP) is 5.59. The van der Waals surface area contributed by atoms with Crippen LogP contribution >= 0.6 is 0 Å². The first-order valence-corrected chi connectivity index (χ1v) is 14.8. The average molecular weight is 652 g/mol. The number of rotatable bonds is 8. The van der Waals surface area contributed by atoms with E-state index in [1.54, 1.807) is 24.3 Å². The Hall–Kier alpha value is -5.21. The molecule has 15 heteroatoms. The van der Waals surface area contributed by atoms with Crippen LogP contribution in [-0.4, -0.2) is 36.8 Å². The molecule has 9 nitrogen and oxygen atoms in total. The molecule has 47 heavy (non-hydrogen) atoms. The van der Waals surface area contributed by atoms with Crippen molar-refractivity contribution in [2.75, 3.05) is 0 Å². The van der Waals surface area contributed by atoms with Gasteiger partial charge in [0.25, 0.3) is 18.3 Å². The van der Waals surface area contributed by atoms with Crippen LogP contribution in [0, 0.1) is 17.6 Å². The lowest BCUT2D eigenvalue weighted by molar-refractivity contribution is -0.123. The minimum absolute atomic E-state index is 0.0686. The number of carbonyl (C=O) groups excluding carboxylic acids is 2. The highest BCUT2D eigenvalue weighted by molar-refractivity contribution is 6.01. The van der Waals surface area contributed by atoms with E-state index in [-0.39, 0.29) is 42.1 Å². The van der Waals surface area contributed by atoms with Crippen molar-refractivity contribution in [2.24, 2.45) is 5.92 Å². The molecular formula is C32H23F6N7O2. The van der Waals surface area contributed by atoms with Gasteiger partial charge in [0.2, 0.25) is 5.91 Å². The zero-order chi connectivity index (χ0) is 32.8. The van der Waals surface area contributed by atoms with E-state index < -0.39 is 65.7 Å². The van der Waals surface area contributed by atoms with Gasteiger partial charge < -0.3 is 10.6 Å². The monoisotopic (exact) mass is 651 g/mol. The van der Waals surface area contributed by atoms with Gasteiger partial charge in [0.05, 0.1) is 23.4 Å². The van der Waals surface area contributed by atoms with Gasteiger partial charge in [-0.3, -0.25) is 19.4 Å². The molecule has 3 unspecified atom stereocenters. The van der Waals surface area contributed by atoms with Crippen molar-refractivity contribution in [1.29, 1.82) is 0 Å². The molecule has 2 amide bonds. The maximum atomic E-state index is 15.2. The van der Waals surface area contributed by atoms with Gasteiger partial charge in [-0.25, -0.2) is 22.5 Å². The smallest absolute Gasteiger partial charge is 0.293 e. The van der Waals surface area contributed by atoms with Gasteiger partial charge in [-0.15, -0.1) is 0 Å².